The molecule has 12 heavy (non-hydrogen) atoms. The molecule has 1 aliphatic heterocycles. The molecular weight excluding hydrogens is 188 g/mol. The fourth-order valence-electron chi connectivity index (χ4n) is 1.13. The third-order valence-electron chi connectivity index (χ3n) is 1.89. The molecule has 0 saturated carbocycles. The Morgan fingerprint density at radius 2 is 1.92 bits per heavy atom. The largest absolute Gasteiger partial charge is 0.394 e. The molecule has 4 N–H and O–H groups in total. The van der Waals surface area contributed by atoms with Gasteiger partial charge in [0.15, 0.2) is 5.06 Å². The molecule has 0 amide bonds. The molecule has 72 valence electrons. The van der Waals surface area contributed by atoms with Gasteiger partial charge in [0.05, 0.1) is 13.2 Å². The summed E-state index contributed by atoms with van der Waals surface area (Å²) in [5.41, 5.74) is 0. The summed E-state index contributed by atoms with van der Waals surface area (Å²) in [5, 5.41) is 34.1. The van der Waals surface area contributed by atoms with Crippen molar-refractivity contribution in [2.75, 3.05) is 13.2 Å². The Hall–Kier alpha value is 0.0900. The maximum Gasteiger partial charge on any atom is 0.193 e. The fraction of sp³-hybridized carbons (Fsp3) is 1.00. The Labute approximate surface area is 74.2 Å². The summed E-state index contributed by atoms with van der Waals surface area (Å²) in [6.45, 7) is -1.07. The van der Waals surface area contributed by atoms with E-state index in [1.807, 2.05) is 0 Å². The average Bonchev–Trinajstić information content (AvgIpc) is 2.31. The second-order valence-corrected chi connectivity index (χ2v) is 3.36. The lowest BCUT2D eigenvalue weighted by molar-refractivity contribution is -0.0653. The zero-order valence-electron chi connectivity index (χ0n) is 6.22. The van der Waals surface area contributed by atoms with Crippen LogP contribution in [-0.2, 0) is 4.74 Å². The summed E-state index contributed by atoms with van der Waals surface area (Å²) >= 11 is 5.58. The average molecular weight is 199 g/mol. The highest BCUT2D eigenvalue weighted by molar-refractivity contribution is 6.23. The van der Waals surface area contributed by atoms with Gasteiger partial charge in [-0.2, -0.15) is 0 Å². The van der Waals surface area contributed by atoms with Gasteiger partial charge in [-0.15, -0.1) is 0 Å². The van der Waals surface area contributed by atoms with Crippen molar-refractivity contribution in [3.05, 3.63) is 0 Å². The molecule has 1 fully saturated rings. The number of hydrogen-bond donors (Lipinski definition) is 4. The molecular formula is C6H11ClO5. The van der Waals surface area contributed by atoms with E-state index < -0.39 is 36.6 Å². The van der Waals surface area contributed by atoms with Crippen LogP contribution in [0.4, 0.5) is 0 Å². The Balaban J connectivity index is 2.72. The molecule has 6 heteroatoms. The first-order valence-electron chi connectivity index (χ1n) is 3.49. The SMILES string of the molecule is OC[C@H]1O[C@](Cl)(CO)[C@@H](O)[C@@H]1O. The summed E-state index contributed by atoms with van der Waals surface area (Å²) in [6.07, 6.45) is -3.59. The van der Waals surface area contributed by atoms with Crippen molar-refractivity contribution in [3.8, 4) is 0 Å². The van der Waals surface area contributed by atoms with E-state index in [1.165, 1.54) is 0 Å². The Morgan fingerprint density at radius 3 is 2.17 bits per heavy atom. The number of rotatable bonds is 2. The van der Waals surface area contributed by atoms with E-state index in [-0.39, 0.29) is 0 Å². The van der Waals surface area contributed by atoms with E-state index in [0.29, 0.717) is 0 Å². The summed E-state index contributed by atoms with van der Waals surface area (Å²) < 4.78 is 4.84. The number of hydrogen-bond acceptors (Lipinski definition) is 5. The number of halogens is 1. The predicted molar refractivity (Wildman–Crippen MR) is 39.6 cm³/mol. The van der Waals surface area contributed by atoms with Gasteiger partial charge in [0.25, 0.3) is 0 Å². The number of alkyl halides is 1. The molecule has 0 unspecified atom stereocenters. The zero-order valence-corrected chi connectivity index (χ0v) is 6.98. The van der Waals surface area contributed by atoms with Gasteiger partial charge in [-0.3, -0.25) is 0 Å². The molecule has 0 bridgehead atoms. The summed E-state index contributed by atoms with van der Waals surface area (Å²) in [4.78, 5) is 0. The summed E-state index contributed by atoms with van der Waals surface area (Å²) in [7, 11) is 0. The van der Waals surface area contributed by atoms with E-state index >= 15 is 0 Å². The lowest BCUT2D eigenvalue weighted by Crippen LogP contribution is -2.41. The highest BCUT2D eigenvalue weighted by Crippen LogP contribution is 2.34. The highest BCUT2D eigenvalue weighted by Gasteiger charge is 2.52. The molecule has 4 atom stereocenters. The van der Waals surface area contributed by atoms with Gasteiger partial charge in [-0.25, -0.2) is 0 Å². The van der Waals surface area contributed by atoms with E-state index in [0.717, 1.165) is 0 Å². The van der Waals surface area contributed by atoms with E-state index in [4.69, 9.17) is 26.6 Å². The van der Waals surface area contributed by atoms with Gasteiger partial charge in [-0.1, -0.05) is 11.6 Å². The van der Waals surface area contributed by atoms with Crippen LogP contribution in [0.1, 0.15) is 0 Å². The third-order valence-corrected chi connectivity index (χ3v) is 2.32. The Bertz CT molecular complexity index is 166. The van der Waals surface area contributed by atoms with Crippen molar-refractivity contribution in [2.24, 2.45) is 0 Å². The van der Waals surface area contributed by atoms with Gasteiger partial charge in [-0.05, 0) is 0 Å². The summed E-state index contributed by atoms with van der Waals surface area (Å²) in [5.74, 6) is 0. The van der Waals surface area contributed by atoms with E-state index in [9.17, 15) is 10.2 Å². The van der Waals surface area contributed by atoms with E-state index in [1.54, 1.807) is 0 Å². The van der Waals surface area contributed by atoms with Crippen LogP contribution in [-0.4, -0.2) is 57.0 Å². The first-order valence-corrected chi connectivity index (χ1v) is 3.87. The maximum absolute atomic E-state index is 9.24. The lowest BCUT2D eigenvalue weighted by Gasteiger charge is -2.21. The molecule has 1 rings (SSSR count). The smallest absolute Gasteiger partial charge is 0.193 e. The van der Waals surface area contributed by atoms with Crippen molar-refractivity contribution >= 4 is 11.6 Å². The van der Waals surface area contributed by atoms with Gasteiger partial charge in [0.2, 0.25) is 0 Å². The minimum atomic E-state index is -1.69. The molecule has 1 aliphatic rings. The number of aliphatic hydroxyl groups excluding tert-OH is 4. The highest BCUT2D eigenvalue weighted by atomic mass is 35.5. The van der Waals surface area contributed by atoms with Crippen molar-refractivity contribution in [1.29, 1.82) is 0 Å². The summed E-state index contributed by atoms with van der Waals surface area (Å²) in [6, 6.07) is 0. The molecule has 1 heterocycles. The van der Waals surface area contributed by atoms with Crippen LogP contribution < -0.4 is 0 Å². The molecule has 0 aromatic carbocycles. The Kier molecular flexibility index (Phi) is 2.92. The molecule has 5 nitrogen and oxygen atoms in total. The number of aliphatic hydroxyl groups is 4. The Morgan fingerprint density at radius 1 is 1.33 bits per heavy atom. The third kappa shape index (κ3) is 1.44. The fourth-order valence-corrected chi connectivity index (χ4v) is 1.37. The minimum Gasteiger partial charge on any atom is -0.394 e. The predicted octanol–water partition coefficient (Wildman–Crippen LogP) is -1.97. The van der Waals surface area contributed by atoms with Gasteiger partial charge in [0, 0.05) is 0 Å². The first-order chi connectivity index (χ1) is 5.55. The van der Waals surface area contributed by atoms with Crippen LogP contribution in [0, 0.1) is 0 Å². The van der Waals surface area contributed by atoms with Crippen LogP contribution in [0.25, 0.3) is 0 Å². The topological polar surface area (TPSA) is 90.2 Å². The van der Waals surface area contributed by atoms with Crippen molar-refractivity contribution in [3.63, 3.8) is 0 Å². The molecule has 0 radical (unpaired) electrons. The van der Waals surface area contributed by atoms with Crippen molar-refractivity contribution in [1.82, 2.24) is 0 Å². The van der Waals surface area contributed by atoms with Gasteiger partial charge in [0.1, 0.15) is 18.3 Å². The molecule has 0 aromatic rings. The first kappa shape index (κ1) is 10.2. The molecule has 0 spiro atoms. The lowest BCUT2D eigenvalue weighted by atomic mass is 10.1. The van der Waals surface area contributed by atoms with Crippen LogP contribution >= 0.6 is 11.6 Å². The second kappa shape index (κ2) is 3.45. The molecule has 0 aliphatic carbocycles. The number of ether oxygens (including phenoxy) is 1. The van der Waals surface area contributed by atoms with Crippen LogP contribution in [0.3, 0.4) is 0 Å². The molecule has 0 aromatic heterocycles. The second-order valence-electron chi connectivity index (χ2n) is 2.72. The van der Waals surface area contributed by atoms with Crippen molar-refractivity contribution < 1.29 is 25.2 Å². The zero-order chi connectivity index (χ0) is 9.35. The van der Waals surface area contributed by atoms with Gasteiger partial charge < -0.3 is 25.2 Å². The normalized spacial score (nSPS) is 48.2. The van der Waals surface area contributed by atoms with Gasteiger partial charge >= 0.3 is 0 Å². The van der Waals surface area contributed by atoms with Crippen LogP contribution in [0.2, 0.25) is 0 Å². The quantitative estimate of drug-likeness (QED) is 0.387. The van der Waals surface area contributed by atoms with E-state index in [2.05, 4.69) is 0 Å². The van der Waals surface area contributed by atoms with Crippen LogP contribution in [0.15, 0.2) is 0 Å². The van der Waals surface area contributed by atoms with Crippen LogP contribution in [0.5, 0.6) is 0 Å². The minimum absolute atomic E-state index is 0.452. The monoisotopic (exact) mass is 198 g/mol. The maximum atomic E-state index is 9.24. The van der Waals surface area contributed by atoms with Crippen molar-refractivity contribution in [2.45, 2.75) is 23.4 Å². The standard InChI is InChI=1S/C6H11ClO5/c7-6(2-9)5(11)4(10)3(1-8)12-6/h3-5,8-11H,1-2H2/t3-,4-,5+,6-/m1/s1. The molecule has 1 saturated heterocycles.